The number of carbonyl (C=O) groups is 2. The van der Waals surface area contributed by atoms with Gasteiger partial charge in [0.2, 0.25) is 0 Å². The van der Waals surface area contributed by atoms with Gasteiger partial charge in [-0.1, -0.05) is 12.1 Å². The molecule has 2 saturated heterocycles. The van der Waals surface area contributed by atoms with Gasteiger partial charge in [0, 0.05) is 44.9 Å². The summed E-state index contributed by atoms with van der Waals surface area (Å²) in [6.45, 7) is 7.61. The Bertz CT molecular complexity index is 1240. The van der Waals surface area contributed by atoms with Crippen LogP contribution in [0.3, 0.4) is 0 Å². The van der Waals surface area contributed by atoms with Crippen LogP contribution in [-0.4, -0.2) is 65.9 Å². The third-order valence-corrected chi connectivity index (χ3v) is 6.64. The summed E-state index contributed by atoms with van der Waals surface area (Å²) in [6, 6.07) is 8.92. The minimum Gasteiger partial charge on any atom is -0.443 e. The first-order chi connectivity index (χ1) is 20.3. The Morgan fingerprint density at radius 2 is 1.88 bits per heavy atom. The molecular weight excluding hydrogens is 569 g/mol. The third kappa shape index (κ3) is 10.5. The quantitative estimate of drug-likeness (QED) is 0.292. The van der Waals surface area contributed by atoms with Crippen molar-refractivity contribution in [2.75, 3.05) is 24.6 Å². The van der Waals surface area contributed by atoms with Gasteiger partial charge in [0.15, 0.2) is 6.29 Å². The van der Waals surface area contributed by atoms with Gasteiger partial charge < -0.3 is 14.2 Å². The first-order valence-corrected chi connectivity index (χ1v) is 14.2. The minimum atomic E-state index is -4.75. The summed E-state index contributed by atoms with van der Waals surface area (Å²) in [5, 5.41) is 0. The van der Waals surface area contributed by atoms with Gasteiger partial charge in [-0.25, -0.2) is 20.1 Å². The van der Waals surface area contributed by atoms with Crippen LogP contribution >= 0.6 is 0 Å². The van der Waals surface area contributed by atoms with Gasteiger partial charge in [0.25, 0.3) is 5.91 Å². The summed E-state index contributed by atoms with van der Waals surface area (Å²) in [5.41, 5.74) is 3.09. The second-order valence-corrected chi connectivity index (χ2v) is 11.4. The Hall–Kier alpha value is -3.68. The van der Waals surface area contributed by atoms with Gasteiger partial charge >= 0.3 is 12.5 Å². The second-order valence-electron chi connectivity index (χ2n) is 11.4. The fourth-order valence-corrected chi connectivity index (χ4v) is 4.73. The van der Waals surface area contributed by atoms with Crippen molar-refractivity contribution in [1.82, 2.24) is 15.4 Å². The number of nitrogens with one attached hydrogen (secondary N) is 1. The van der Waals surface area contributed by atoms with Crippen LogP contribution in [0.1, 0.15) is 57.6 Å². The molecule has 2 fully saturated rings. The lowest BCUT2D eigenvalue weighted by Gasteiger charge is -2.31. The maximum atomic E-state index is 13.3. The van der Waals surface area contributed by atoms with Crippen LogP contribution in [0.5, 0.6) is 5.75 Å². The summed E-state index contributed by atoms with van der Waals surface area (Å²) in [6.07, 6.45) is 2.04. The van der Waals surface area contributed by atoms with E-state index in [1.165, 1.54) is 23.1 Å². The lowest BCUT2D eigenvalue weighted by molar-refractivity contribution is -0.274. The number of nitrogens with zero attached hydrogens (tertiary/aromatic N) is 3. The van der Waals surface area contributed by atoms with Crippen LogP contribution in [0.15, 0.2) is 48.7 Å². The zero-order chi connectivity index (χ0) is 31.0. The van der Waals surface area contributed by atoms with Crippen molar-refractivity contribution < 1.29 is 41.8 Å². The maximum Gasteiger partial charge on any atom is 0.573 e. The number of hydrogen-bond acceptors (Lipinski definition) is 8. The number of hydroxylamine groups is 1. The third-order valence-electron chi connectivity index (χ3n) is 6.64. The zero-order valence-corrected chi connectivity index (χ0v) is 24.4. The average Bonchev–Trinajstić information content (AvgIpc) is 3.39. The standard InChI is InChI=1S/C30H37F3N4O6/c1-29(2,3)42-28(39)37(23-15-16-36(20-23)19-22-7-11-24(12-8-22)41-30(31,32)33)25-13-9-21(18-34-25)10-14-26(38)35-43-27-6-4-5-17-40-27/h7-14,18,23,27H,4-6,15-17,19-20H2,1-3H3,(H,35,38)/t23-,27?/m1/s1. The number of aromatic nitrogens is 1. The molecule has 2 atom stereocenters. The van der Waals surface area contributed by atoms with E-state index < -0.39 is 30.3 Å². The molecule has 1 N–H and O–H groups in total. The number of carbonyl (C=O) groups excluding carboxylic acids is 2. The van der Waals surface area contributed by atoms with E-state index in [9.17, 15) is 22.8 Å². The number of rotatable bonds is 9. The van der Waals surface area contributed by atoms with Gasteiger partial charge in [-0.2, -0.15) is 0 Å². The van der Waals surface area contributed by atoms with E-state index in [1.54, 1.807) is 57.3 Å². The molecule has 0 saturated carbocycles. The van der Waals surface area contributed by atoms with Crippen molar-refractivity contribution in [1.29, 1.82) is 0 Å². The van der Waals surface area contributed by atoms with Crippen LogP contribution in [0, 0.1) is 0 Å². The maximum absolute atomic E-state index is 13.3. The lowest BCUT2D eigenvalue weighted by Crippen LogP contribution is -2.45. The van der Waals surface area contributed by atoms with E-state index in [2.05, 4.69) is 20.1 Å². The molecule has 1 aromatic carbocycles. The van der Waals surface area contributed by atoms with E-state index in [4.69, 9.17) is 14.3 Å². The summed E-state index contributed by atoms with van der Waals surface area (Å²) in [4.78, 5) is 38.9. The van der Waals surface area contributed by atoms with Crippen LogP contribution < -0.4 is 15.1 Å². The van der Waals surface area contributed by atoms with Gasteiger partial charge in [0.05, 0.1) is 6.04 Å². The van der Waals surface area contributed by atoms with Crippen LogP contribution in [-0.2, 0) is 25.7 Å². The minimum absolute atomic E-state index is 0.249. The van der Waals surface area contributed by atoms with Crippen molar-refractivity contribution in [3.63, 3.8) is 0 Å². The van der Waals surface area contributed by atoms with Crippen LogP contribution in [0.4, 0.5) is 23.8 Å². The smallest absolute Gasteiger partial charge is 0.443 e. The molecule has 1 aromatic heterocycles. The molecule has 2 aliphatic rings. The van der Waals surface area contributed by atoms with Crippen molar-refractivity contribution in [2.45, 2.75) is 77.3 Å². The number of likely N-dealkylation sites (tertiary alicyclic amines) is 1. The van der Waals surface area contributed by atoms with Gasteiger partial charge in [-0.05, 0) is 81.5 Å². The topological polar surface area (TPSA) is 102 Å². The molecule has 10 nitrogen and oxygen atoms in total. The lowest BCUT2D eigenvalue weighted by atomic mass is 10.2. The van der Waals surface area contributed by atoms with Crippen molar-refractivity contribution in [3.8, 4) is 5.75 Å². The monoisotopic (exact) mass is 606 g/mol. The molecule has 43 heavy (non-hydrogen) atoms. The number of halogens is 3. The van der Waals surface area contributed by atoms with E-state index >= 15 is 0 Å². The fourth-order valence-electron chi connectivity index (χ4n) is 4.73. The van der Waals surface area contributed by atoms with Crippen LogP contribution in [0.25, 0.3) is 6.08 Å². The van der Waals surface area contributed by atoms with Gasteiger partial charge in [0.1, 0.15) is 17.2 Å². The highest BCUT2D eigenvalue weighted by molar-refractivity contribution is 5.91. The molecule has 13 heteroatoms. The Morgan fingerprint density at radius 3 is 2.51 bits per heavy atom. The Kier molecular flexibility index (Phi) is 10.6. The first-order valence-electron chi connectivity index (χ1n) is 14.2. The highest BCUT2D eigenvalue weighted by Gasteiger charge is 2.35. The SMILES string of the molecule is CC(C)(C)OC(=O)N(c1ccc(C=CC(=O)NOC2CCCCO2)cn1)[C@@H]1CCN(Cc2ccc(OC(F)(F)F)cc2)C1. The molecule has 2 amide bonds. The Labute approximate surface area is 248 Å². The summed E-state index contributed by atoms with van der Waals surface area (Å²) in [7, 11) is 0. The van der Waals surface area contributed by atoms with E-state index in [-0.39, 0.29) is 11.8 Å². The van der Waals surface area contributed by atoms with Crippen molar-refractivity contribution >= 4 is 23.9 Å². The second kappa shape index (κ2) is 14.2. The van der Waals surface area contributed by atoms with Crippen LogP contribution in [0.2, 0.25) is 0 Å². The average molecular weight is 607 g/mol. The van der Waals surface area contributed by atoms with E-state index in [1.807, 2.05) is 0 Å². The molecule has 0 bridgehead atoms. The molecule has 3 heterocycles. The number of benzene rings is 1. The Balaban J connectivity index is 1.38. The summed E-state index contributed by atoms with van der Waals surface area (Å²) >= 11 is 0. The Morgan fingerprint density at radius 1 is 1.12 bits per heavy atom. The largest absolute Gasteiger partial charge is 0.573 e. The van der Waals surface area contributed by atoms with Crippen molar-refractivity contribution in [3.05, 3.63) is 59.8 Å². The predicted molar refractivity (Wildman–Crippen MR) is 152 cm³/mol. The summed E-state index contributed by atoms with van der Waals surface area (Å²) in [5.74, 6) is -0.324. The number of anilines is 1. The van der Waals surface area contributed by atoms with Crippen molar-refractivity contribution in [2.24, 2.45) is 0 Å². The van der Waals surface area contributed by atoms with Gasteiger partial charge in [-0.15, -0.1) is 13.2 Å². The number of alkyl halides is 3. The molecule has 0 aliphatic carbocycles. The summed E-state index contributed by atoms with van der Waals surface area (Å²) < 4.78 is 52.5. The van der Waals surface area contributed by atoms with E-state index in [0.717, 1.165) is 24.8 Å². The molecule has 0 spiro atoms. The normalized spacial score (nSPS) is 19.8. The predicted octanol–water partition coefficient (Wildman–Crippen LogP) is 5.58. The molecule has 4 rings (SSSR count). The fraction of sp³-hybridized carbons (Fsp3) is 0.500. The highest BCUT2D eigenvalue weighted by atomic mass is 19.4. The van der Waals surface area contributed by atoms with E-state index in [0.29, 0.717) is 44.0 Å². The highest BCUT2D eigenvalue weighted by Crippen LogP contribution is 2.27. The molecule has 2 aliphatic heterocycles. The molecule has 2 aromatic rings. The number of ether oxygens (including phenoxy) is 3. The molecule has 0 radical (unpaired) electrons. The number of pyridine rings is 1. The number of hydrogen-bond donors (Lipinski definition) is 1. The first kappa shape index (κ1) is 32.2. The molecular formula is C30H37F3N4O6. The molecule has 234 valence electrons. The van der Waals surface area contributed by atoms with Gasteiger partial charge in [-0.3, -0.25) is 14.6 Å². The zero-order valence-electron chi connectivity index (χ0n) is 24.4. The number of amides is 2. The molecule has 1 unspecified atom stereocenters.